The Bertz CT molecular complexity index is 1400. The Morgan fingerprint density at radius 3 is 2.48 bits per heavy atom. The number of anilines is 2. The molecule has 0 bridgehead atoms. The number of ether oxygens (including phenoxy) is 2. The molecule has 1 unspecified atom stereocenters. The van der Waals surface area contributed by atoms with E-state index in [9.17, 15) is 4.79 Å². The van der Waals surface area contributed by atoms with Gasteiger partial charge in [0.15, 0.2) is 14.1 Å². The molecule has 3 aromatic heterocycles. The number of aromatic nitrogens is 5. The maximum absolute atomic E-state index is 13.0. The summed E-state index contributed by atoms with van der Waals surface area (Å²) >= 11 is 6.40. The normalized spacial score (nSPS) is 13.3. The molecular formula is C29H47ClN6O4Si2. The van der Waals surface area contributed by atoms with Gasteiger partial charge >= 0.3 is 0 Å². The minimum Gasteiger partial charge on any atom is -0.489 e. The number of hydrogen-bond acceptors (Lipinski definition) is 8. The van der Waals surface area contributed by atoms with Gasteiger partial charge in [-0.3, -0.25) is 14.2 Å². The molecule has 0 aliphatic heterocycles. The maximum atomic E-state index is 13.0. The Morgan fingerprint density at radius 2 is 1.81 bits per heavy atom. The van der Waals surface area contributed by atoms with Gasteiger partial charge < -0.3 is 19.2 Å². The van der Waals surface area contributed by atoms with Crippen molar-refractivity contribution in [3.8, 4) is 17.1 Å². The zero-order chi connectivity index (χ0) is 31.3. The SMILES string of the molecule is CC(CCO[Si](C)(C)C(C)(C)C)Oc1cc(Nc2ccnc(-c3cn(COCC[Si](C)(C)C)n(C)c3=O)n2)ncc1Cl. The zero-order valence-corrected chi connectivity index (χ0v) is 29.5. The van der Waals surface area contributed by atoms with Crippen molar-refractivity contribution in [2.75, 3.05) is 18.5 Å². The minimum absolute atomic E-state index is 0.104. The van der Waals surface area contributed by atoms with Crippen molar-refractivity contribution < 1.29 is 13.9 Å². The summed E-state index contributed by atoms with van der Waals surface area (Å²) in [5, 5.41) is 3.75. The van der Waals surface area contributed by atoms with E-state index < -0.39 is 16.4 Å². The fourth-order valence-electron chi connectivity index (χ4n) is 3.64. The van der Waals surface area contributed by atoms with E-state index in [1.54, 1.807) is 36.3 Å². The Kier molecular flexibility index (Phi) is 11.2. The molecule has 0 spiro atoms. The first-order chi connectivity index (χ1) is 19.5. The van der Waals surface area contributed by atoms with Crippen LogP contribution in [0.2, 0.25) is 48.8 Å². The second-order valence-corrected chi connectivity index (χ2v) is 24.2. The third kappa shape index (κ3) is 9.50. The fourth-order valence-corrected chi connectivity index (χ4v) is 5.60. The van der Waals surface area contributed by atoms with Gasteiger partial charge in [-0.25, -0.2) is 15.0 Å². The van der Waals surface area contributed by atoms with Crippen LogP contribution in [0, 0.1) is 0 Å². The van der Waals surface area contributed by atoms with Gasteiger partial charge in [0, 0.05) is 53.2 Å². The van der Waals surface area contributed by atoms with Crippen LogP contribution >= 0.6 is 11.6 Å². The summed E-state index contributed by atoms with van der Waals surface area (Å²) in [5.41, 5.74) is 0.185. The van der Waals surface area contributed by atoms with Crippen LogP contribution in [0.1, 0.15) is 34.1 Å². The van der Waals surface area contributed by atoms with Crippen molar-refractivity contribution in [2.24, 2.45) is 7.05 Å². The number of pyridine rings is 1. The first kappa shape index (κ1) is 34.0. The van der Waals surface area contributed by atoms with Crippen LogP contribution in [0.25, 0.3) is 11.4 Å². The molecule has 42 heavy (non-hydrogen) atoms. The fraction of sp³-hybridized carbons (Fsp3) is 0.586. The topological polar surface area (TPSA) is 105 Å². The van der Waals surface area contributed by atoms with Crippen LogP contribution in [0.5, 0.6) is 5.75 Å². The molecule has 3 aromatic rings. The molecule has 1 atom stereocenters. The Labute approximate surface area is 256 Å². The molecular weight excluding hydrogens is 588 g/mol. The molecule has 0 aliphatic rings. The summed E-state index contributed by atoms with van der Waals surface area (Å²) in [5.74, 6) is 1.81. The van der Waals surface area contributed by atoms with Crippen molar-refractivity contribution in [1.82, 2.24) is 24.3 Å². The van der Waals surface area contributed by atoms with Gasteiger partial charge in [0.05, 0.1) is 12.3 Å². The predicted molar refractivity (Wildman–Crippen MR) is 175 cm³/mol. The summed E-state index contributed by atoms with van der Waals surface area (Å²) in [4.78, 5) is 26.2. The van der Waals surface area contributed by atoms with Crippen molar-refractivity contribution in [3.05, 3.63) is 46.1 Å². The quantitative estimate of drug-likeness (QED) is 0.150. The van der Waals surface area contributed by atoms with Gasteiger partial charge in [0.1, 0.15) is 34.7 Å². The van der Waals surface area contributed by atoms with E-state index in [-0.39, 0.29) is 23.4 Å². The monoisotopic (exact) mass is 634 g/mol. The van der Waals surface area contributed by atoms with Crippen molar-refractivity contribution in [3.63, 3.8) is 0 Å². The zero-order valence-electron chi connectivity index (χ0n) is 26.7. The van der Waals surface area contributed by atoms with Crippen molar-refractivity contribution in [2.45, 2.75) is 90.8 Å². The predicted octanol–water partition coefficient (Wildman–Crippen LogP) is 6.93. The summed E-state index contributed by atoms with van der Waals surface area (Å²) < 4.78 is 21.5. The summed E-state index contributed by atoms with van der Waals surface area (Å²) in [6.45, 7) is 21.7. The van der Waals surface area contributed by atoms with Crippen LogP contribution in [-0.4, -0.2) is 60.0 Å². The molecule has 13 heteroatoms. The largest absolute Gasteiger partial charge is 0.489 e. The van der Waals surface area contributed by atoms with Gasteiger partial charge in [0.2, 0.25) is 0 Å². The van der Waals surface area contributed by atoms with Crippen LogP contribution in [0.3, 0.4) is 0 Å². The highest BCUT2D eigenvalue weighted by Gasteiger charge is 2.37. The number of rotatable bonds is 14. The highest BCUT2D eigenvalue weighted by Crippen LogP contribution is 2.36. The average molecular weight is 635 g/mol. The van der Waals surface area contributed by atoms with E-state index >= 15 is 0 Å². The van der Waals surface area contributed by atoms with Crippen LogP contribution in [0.15, 0.2) is 35.5 Å². The van der Waals surface area contributed by atoms with Crippen LogP contribution in [-0.2, 0) is 22.9 Å². The first-order valence-electron chi connectivity index (χ1n) is 14.4. The molecule has 0 saturated carbocycles. The smallest absolute Gasteiger partial charge is 0.277 e. The van der Waals surface area contributed by atoms with Crippen LogP contribution < -0.4 is 15.6 Å². The van der Waals surface area contributed by atoms with E-state index in [1.807, 2.05) is 6.92 Å². The second-order valence-electron chi connectivity index (χ2n) is 13.4. The number of nitrogens with zero attached hydrogens (tertiary/aromatic N) is 5. The molecule has 0 aliphatic carbocycles. The molecule has 0 amide bonds. The number of hydrogen-bond donors (Lipinski definition) is 1. The van der Waals surface area contributed by atoms with Gasteiger partial charge in [-0.15, -0.1) is 0 Å². The van der Waals surface area contributed by atoms with Gasteiger partial charge in [0.25, 0.3) is 5.56 Å². The van der Waals surface area contributed by atoms with E-state index in [2.05, 4.69) is 73.8 Å². The molecule has 0 saturated heterocycles. The highest BCUT2D eigenvalue weighted by molar-refractivity contribution is 6.76. The van der Waals surface area contributed by atoms with Crippen LogP contribution in [0.4, 0.5) is 11.6 Å². The highest BCUT2D eigenvalue weighted by atomic mass is 35.5. The Balaban J connectivity index is 1.66. The Hall–Kier alpha value is -2.52. The van der Waals surface area contributed by atoms with Gasteiger partial charge in [-0.05, 0) is 37.2 Å². The molecule has 0 aromatic carbocycles. The standard InChI is InChI=1S/C29H47ClN6O4Si2/c1-21(12-14-39-42(9,10)29(2,3)4)40-24-17-26(32-18-23(24)30)33-25-11-13-31-27(34-25)22-19-36(35(5)28(22)37)20-38-15-16-41(6,7)8/h11,13,17-19,21H,12,14-16,20H2,1-10H3,(H,31,32,33,34). The number of halogens is 1. The lowest BCUT2D eigenvalue weighted by Gasteiger charge is -2.36. The molecule has 10 nitrogen and oxygen atoms in total. The summed E-state index contributed by atoms with van der Waals surface area (Å²) in [6, 6.07) is 4.51. The van der Waals surface area contributed by atoms with E-state index in [4.69, 9.17) is 25.5 Å². The second kappa shape index (κ2) is 13.8. The molecule has 232 valence electrons. The lowest BCUT2D eigenvalue weighted by molar-refractivity contribution is 0.0703. The minimum atomic E-state index is -1.82. The first-order valence-corrected chi connectivity index (χ1v) is 21.4. The van der Waals surface area contributed by atoms with Crippen molar-refractivity contribution in [1.29, 1.82) is 0 Å². The van der Waals surface area contributed by atoms with E-state index in [0.717, 1.165) is 12.5 Å². The molecule has 3 heterocycles. The lowest BCUT2D eigenvalue weighted by atomic mass is 10.2. The molecule has 1 N–H and O–H groups in total. The molecule has 0 fully saturated rings. The average Bonchev–Trinajstić information content (AvgIpc) is 3.16. The van der Waals surface area contributed by atoms with Gasteiger partial charge in [-0.2, -0.15) is 0 Å². The molecule has 0 radical (unpaired) electrons. The third-order valence-corrected chi connectivity index (χ3v) is 14.0. The third-order valence-electron chi connectivity index (χ3n) is 7.50. The lowest BCUT2D eigenvalue weighted by Crippen LogP contribution is -2.41. The maximum Gasteiger partial charge on any atom is 0.277 e. The summed E-state index contributed by atoms with van der Waals surface area (Å²) in [6.07, 6.45) is 5.50. The van der Waals surface area contributed by atoms with Gasteiger partial charge in [-0.1, -0.05) is 52.0 Å². The van der Waals surface area contributed by atoms with Crippen molar-refractivity contribution >= 4 is 39.6 Å². The Morgan fingerprint density at radius 1 is 1.10 bits per heavy atom. The number of nitrogens with one attached hydrogen (secondary N) is 1. The van der Waals surface area contributed by atoms with E-state index in [1.165, 1.54) is 10.9 Å². The summed E-state index contributed by atoms with van der Waals surface area (Å²) in [7, 11) is -1.31. The van der Waals surface area contributed by atoms with E-state index in [0.29, 0.717) is 47.0 Å². The molecule has 3 rings (SSSR count).